The number of aliphatic hydroxyl groups is 1. The Kier molecular flexibility index (Phi) is 4.66. The minimum absolute atomic E-state index is 0.213. The summed E-state index contributed by atoms with van der Waals surface area (Å²) in [4.78, 5) is 2.37. The molecule has 1 aliphatic heterocycles. The maximum Gasteiger partial charge on any atom is 0.161 e. The maximum absolute atomic E-state index is 9.62. The fourth-order valence-corrected chi connectivity index (χ4v) is 2.64. The second-order valence-electron chi connectivity index (χ2n) is 5.21. The highest BCUT2D eigenvalue weighted by Gasteiger charge is 2.25. The molecule has 2 unspecified atom stereocenters. The van der Waals surface area contributed by atoms with Crippen molar-refractivity contribution in [1.82, 2.24) is 4.90 Å². The van der Waals surface area contributed by atoms with E-state index in [0.29, 0.717) is 5.92 Å². The van der Waals surface area contributed by atoms with Gasteiger partial charge < -0.3 is 14.6 Å². The highest BCUT2D eigenvalue weighted by molar-refractivity contribution is 5.42. The Hall–Kier alpha value is -1.26. The molecule has 1 aromatic rings. The minimum Gasteiger partial charge on any atom is -0.493 e. The van der Waals surface area contributed by atoms with Crippen molar-refractivity contribution < 1.29 is 14.6 Å². The third kappa shape index (κ3) is 3.39. The molecule has 1 fully saturated rings. The fraction of sp³-hybridized carbons (Fsp3) is 0.600. The van der Waals surface area contributed by atoms with Gasteiger partial charge in [-0.15, -0.1) is 0 Å². The lowest BCUT2D eigenvalue weighted by molar-refractivity contribution is 0.127. The Morgan fingerprint density at radius 1 is 1.32 bits per heavy atom. The molecule has 0 aliphatic carbocycles. The molecule has 1 aliphatic rings. The minimum atomic E-state index is -0.213. The van der Waals surface area contributed by atoms with Gasteiger partial charge in [-0.2, -0.15) is 0 Å². The fourth-order valence-electron chi connectivity index (χ4n) is 2.64. The van der Waals surface area contributed by atoms with Gasteiger partial charge in [-0.1, -0.05) is 6.07 Å². The summed E-state index contributed by atoms with van der Waals surface area (Å²) in [6.07, 6.45) is 0.862. The van der Waals surface area contributed by atoms with E-state index in [9.17, 15) is 5.11 Å². The standard InChI is InChI=1S/C15H23NO3/c1-11(17)13-6-7-16(10-13)9-12-4-5-14(18-2)15(8-12)19-3/h4-5,8,11,13,17H,6-7,9-10H2,1-3H3. The number of benzene rings is 1. The van der Waals surface area contributed by atoms with Crippen molar-refractivity contribution >= 4 is 0 Å². The molecule has 1 heterocycles. The lowest BCUT2D eigenvalue weighted by atomic mass is 10.0. The van der Waals surface area contributed by atoms with Crippen LogP contribution in [-0.2, 0) is 6.54 Å². The van der Waals surface area contributed by atoms with Crippen LogP contribution < -0.4 is 9.47 Å². The van der Waals surface area contributed by atoms with E-state index in [-0.39, 0.29) is 6.10 Å². The molecule has 0 spiro atoms. The Morgan fingerprint density at radius 2 is 2.05 bits per heavy atom. The Balaban J connectivity index is 2.00. The molecule has 0 radical (unpaired) electrons. The summed E-state index contributed by atoms with van der Waals surface area (Å²) in [5.74, 6) is 1.93. The van der Waals surface area contributed by atoms with E-state index < -0.39 is 0 Å². The number of rotatable bonds is 5. The van der Waals surface area contributed by atoms with Gasteiger partial charge in [0.05, 0.1) is 20.3 Å². The molecule has 4 nitrogen and oxygen atoms in total. The summed E-state index contributed by atoms with van der Waals surface area (Å²) in [7, 11) is 3.30. The zero-order valence-electron chi connectivity index (χ0n) is 11.9. The van der Waals surface area contributed by atoms with Gasteiger partial charge in [0.25, 0.3) is 0 Å². The largest absolute Gasteiger partial charge is 0.493 e. The quantitative estimate of drug-likeness (QED) is 0.883. The summed E-state index contributed by atoms with van der Waals surface area (Å²) in [6, 6.07) is 6.03. The molecule has 2 rings (SSSR count). The molecule has 106 valence electrons. The first-order valence-electron chi connectivity index (χ1n) is 6.75. The molecular formula is C15H23NO3. The van der Waals surface area contributed by atoms with Crippen molar-refractivity contribution in [3.8, 4) is 11.5 Å². The van der Waals surface area contributed by atoms with Gasteiger partial charge in [-0.05, 0) is 43.5 Å². The van der Waals surface area contributed by atoms with Crippen molar-refractivity contribution in [3.05, 3.63) is 23.8 Å². The third-order valence-corrected chi connectivity index (χ3v) is 3.85. The van der Waals surface area contributed by atoms with Crippen LogP contribution in [0.25, 0.3) is 0 Å². The van der Waals surface area contributed by atoms with Crippen LogP contribution in [0.2, 0.25) is 0 Å². The molecule has 1 aromatic carbocycles. The number of hydrogen-bond acceptors (Lipinski definition) is 4. The van der Waals surface area contributed by atoms with Gasteiger partial charge in [0.1, 0.15) is 0 Å². The van der Waals surface area contributed by atoms with Crippen LogP contribution in [0.3, 0.4) is 0 Å². The van der Waals surface area contributed by atoms with Gasteiger partial charge in [-0.3, -0.25) is 4.90 Å². The zero-order valence-corrected chi connectivity index (χ0v) is 11.9. The van der Waals surface area contributed by atoms with Gasteiger partial charge in [0.15, 0.2) is 11.5 Å². The smallest absolute Gasteiger partial charge is 0.161 e. The van der Waals surface area contributed by atoms with Crippen molar-refractivity contribution in [1.29, 1.82) is 0 Å². The Bertz CT molecular complexity index is 420. The molecule has 0 aromatic heterocycles. The van der Waals surface area contributed by atoms with Gasteiger partial charge in [0, 0.05) is 13.1 Å². The summed E-state index contributed by atoms with van der Waals surface area (Å²) < 4.78 is 10.6. The molecule has 1 saturated heterocycles. The predicted molar refractivity (Wildman–Crippen MR) is 74.6 cm³/mol. The molecule has 0 saturated carbocycles. The number of methoxy groups -OCH3 is 2. The van der Waals surface area contributed by atoms with Crippen LogP contribution in [0.5, 0.6) is 11.5 Å². The zero-order chi connectivity index (χ0) is 13.8. The number of hydrogen-bond donors (Lipinski definition) is 1. The summed E-state index contributed by atoms with van der Waals surface area (Å²) in [6.45, 7) is 4.78. The number of ether oxygens (including phenoxy) is 2. The second kappa shape index (κ2) is 6.26. The van der Waals surface area contributed by atoms with E-state index in [2.05, 4.69) is 11.0 Å². The van der Waals surface area contributed by atoms with E-state index in [1.54, 1.807) is 14.2 Å². The third-order valence-electron chi connectivity index (χ3n) is 3.85. The SMILES string of the molecule is COc1ccc(CN2CCC(C(C)O)C2)cc1OC. The predicted octanol–water partition coefficient (Wildman–Crippen LogP) is 1.91. The van der Waals surface area contributed by atoms with Crippen LogP contribution >= 0.6 is 0 Å². The van der Waals surface area contributed by atoms with E-state index in [4.69, 9.17) is 9.47 Å². The van der Waals surface area contributed by atoms with Crippen LogP contribution in [0.15, 0.2) is 18.2 Å². The molecule has 0 amide bonds. The van der Waals surface area contributed by atoms with Gasteiger partial charge in [0.2, 0.25) is 0 Å². The van der Waals surface area contributed by atoms with Crippen LogP contribution in [0, 0.1) is 5.92 Å². The summed E-state index contributed by atoms with van der Waals surface area (Å²) >= 11 is 0. The Morgan fingerprint density at radius 3 is 2.63 bits per heavy atom. The Labute approximate surface area is 114 Å². The van der Waals surface area contributed by atoms with Crippen molar-refractivity contribution in [2.75, 3.05) is 27.3 Å². The lowest BCUT2D eigenvalue weighted by Crippen LogP contribution is -2.23. The van der Waals surface area contributed by atoms with Gasteiger partial charge in [-0.25, -0.2) is 0 Å². The first-order valence-corrected chi connectivity index (χ1v) is 6.75. The highest BCUT2D eigenvalue weighted by Crippen LogP contribution is 2.29. The first-order chi connectivity index (χ1) is 9.13. The molecule has 1 N–H and O–H groups in total. The topological polar surface area (TPSA) is 41.9 Å². The normalized spacial score (nSPS) is 21.4. The highest BCUT2D eigenvalue weighted by atomic mass is 16.5. The molecule has 4 heteroatoms. The number of aliphatic hydroxyl groups excluding tert-OH is 1. The lowest BCUT2D eigenvalue weighted by Gasteiger charge is -2.18. The van der Waals surface area contributed by atoms with E-state index in [1.807, 2.05) is 19.1 Å². The monoisotopic (exact) mass is 265 g/mol. The molecule has 0 bridgehead atoms. The van der Waals surface area contributed by atoms with Crippen LogP contribution in [0.1, 0.15) is 18.9 Å². The summed E-state index contributed by atoms with van der Waals surface area (Å²) in [5.41, 5.74) is 1.21. The first kappa shape index (κ1) is 14.2. The maximum atomic E-state index is 9.62. The van der Waals surface area contributed by atoms with Gasteiger partial charge >= 0.3 is 0 Å². The average Bonchev–Trinajstić information content (AvgIpc) is 2.87. The molecular weight excluding hydrogens is 242 g/mol. The van der Waals surface area contributed by atoms with Crippen molar-refractivity contribution in [2.45, 2.75) is 26.0 Å². The summed E-state index contributed by atoms with van der Waals surface area (Å²) in [5, 5.41) is 9.62. The van der Waals surface area contributed by atoms with Crippen LogP contribution in [-0.4, -0.2) is 43.4 Å². The number of nitrogens with zero attached hydrogens (tertiary/aromatic N) is 1. The van der Waals surface area contributed by atoms with Crippen molar-refractivity contribution in [3.63, 3.8) is 0 Å². The van der Waals surface area contributed by atoms with E-state index in [0.717, 1.165) is 37.6 Å². The van der Waals surface area contributed by atoms with Crippen LogP contribution in [0.4, 0.5) is 0 Å². The molecule has 19 heavy (non-hydrogen) atoms. The number of likely N-dealkylation sites (tertiary alicyclic amines) is 1. The van der Waals surface area contributed by atoms with E-state index in [1.165, 1.54) is 5.56 Å². The average molecular weight is 265 g/mol. The molecule has 2 atom stereocenters. The van der Waals surface area contributed by atoms with Crippen molar-refractivity contribution in [2.24, 2.45) is 5.92 Å². The van der Waals surface area contributed by atoms with E-state index >= 15 is 0 Å². The second-order valence-corrected chi connectivity index (χ2v) is 5.21.